The first-order valence-corrected chi connectivity index (χ1v) is 10.8. The highest BCUT2D eigenvalue weighted by Gasteiger charge is 2.42. The predicted octanol–water partition coefficient (Wildman–Crippen LogP) is 6.62. The molecule has 0 aliphatic heterocycles. The minimum atomic E-state index is -4.81. The second-order valence-electron chi connectivity index (χ2n) is 8.04. The maximum Gasteiger partial charge on any atom is 0.414 e. The standard InChI is InChI=1S/C25H19ClF4N2O2/c1-14(24(34)25(28,29)30)12-22(33)15-6-11-19-21(13-15)32(17-9-7-16(27)8-10-17)31-23(19)18-4-2-3-5-20(18)26/h2-11,13-14,24,34H,12H2,1H3. The zero-order valence-electron chi connectivity index (χ0n) is 17.9. The lowest BCUT2D eigenvalue weighted by Gasteiger charge is -2.20. The fourth-order valence-corrected chi connectivity index (χ4v) is 3.99. The largest absolute Gasteiger partial charge is 0.414 e. The van der Waals surface area contributed by atoms with Crippen LogP contribution in [0.4, 0.5) is 17.6 Å². The molecule has 4 rings (SSSR count). The van der Waals surface area contributed by atoms with Gasteiger partial charge in [0.1, 0.15) is 11.5 Å². The first kappa shape index (κ1) is 23.9. The van der Waals surface area contributed by atoms with Gasteiger partial charge >= 0.3 is 6.18 Å². The molecule has 34 heavy (non-hydrogen) atoms. The highest BCUT2D eigenvalue weighted by Crippen LogP contribution is 2.35. The summed E-state index contributed by atoms with van der Waals surface area (Å²) in [4.78, 5) is 12.8. The van der Waals surface area contributed by atoms with Crippen LogP contribution in [-0.4, -0.2) is 33.0 Å². The number of carbonyl (C=O) groups is 1. The number of alkyl halides is 3. The van der Waals surface area contributed by atoms with Crippen molar-refractivity contribution in [3.8, 4) is 16.9 Å². The molecule has 0 aliphatic rings. The second-order valence-corrected chi connectivity index (χ2v) is 8.45. The highest BCUT2D eigenvalue weighted by molar-refractivity contribution is 6.33. The Hall–Kier alpha value is -3.23. The Bertz CT molecular complexity index is 1350. The van der Waals surface area contributed by atoms with E-state index in [-0.39, 0.29) is 5.56 Å². The molecule has 0 saturated carbocycles. The van der Waals surface area contributed by atoms with Crippen LogP contribution in [0.5, 0.6) is 0 Å². The van der Waals surface area contributed by atoms with E-state index in [0.717, 1.165) is 0 Å². The van der Waals surface area contributed by atoms with E-state index in [4.69, 9.17) is 11.6 Å². The van der Waals surface area contributed by atoms with Crippen molar-refractivity contribution in [3.63, 3.8) is 0 Å². The van der Waals surface area contributed by atoms with Gasteiger partial charge in [-0.25, -0.2) is 9.07 Å². The lowest BCUT2D eigenvalue weighted by molar-refractivity contribution is -0.217. The number of nitrogens with zero attached hydrogens (tertiary/aromatic N) is 2. The SMILES string of the molecule is CC(CC(=O)c1ccc2c(-c3ccccc3Cl)nn(-c3ccc(F)cc3)c2c1)C(O)C(F)(F)F. The minimum absolute atomic E-state index is 0.169. The quantitative estimate of drug-likeness (QED) is 0.244. The topological polar surface area (TPSA) is 55.1 Å². The van der Waals surface area contributed by atoms with E-state index in [1.165, 1.54) is 48.0 Å². The number of hydrogen-bond donors (Lipinski definition) is 1. The average molecular weight is 491 g/mol. The van der Waals surface area contributed by atoms with Gasteiger partial charge in [0.15, 0.2) is 11.9 Å². The third kappa shape index (κ3) is 4.69. The van der Waals surface area contributed by atoms with Crippen LogP contribution in [0, 0.1) is 11.7 Å². The van der Waals surface area contributed by atoms with E-state index in [9.17, 15) is 27.5 Å². The normalized spacial score (nSPS) is 13.7. The number of hydrogen-bond acceptors (Lipinski definition) is 3. The van der Waals surface area contributed by atoms with Crippen molar-refractivity contribution < 1.29 is 27.5 Å². The fraction of sp³-hybridized carbons (Fsp3) is 0.200. The van der Waals surface area contributed by atoms with Crippen molar-refractivity contribution in [1.82, 2.24) is 9.78 Å². The monoisotopic (exact) mass is 490 g/mol. The third-order valence-corrected chi connectivity index (χ3v) is 5.91. The average Bonchev–Trinajstić information content (AvgIpc) is 3.17. The maximum atomic E-state index is 13.5. The van der Waals surface area contributed by atoms with Crippen LogP contribution >= 0.6 is 11.6 Å². The summed E-state index contributed by atoms with van der Waals surface area (Å²) < 4.78 is 53.5. The number of halogens is 5. The van der Waals surface area contributed by atoms with Crippen LogP contribution in [0.25, 0.3) is 27.8 Å². The first-order chi connectivity index (χ1) is 16.1. The summed E-state index contributed by atoms with van der Waals surface area (Å²) in [6, 6.07) is 17.4. The molecule has 1 aromatic heterocycles. The summed E-state index contributed by atoms with van der Waals surface area (Å²) in [6.45, 7) is 1.17. The molecule has 4 nitrogen and oxygen atoms in total. The summed E-state index contributed by atoms with van der Waals surface area (Å²) in [5.41, 5.74) is 2.37. The van der Waals surface area contributed by atoms with Crippen LogP contribution in [-0.2, 0) is 0 Å². The Kier molecular flexibility index (Phi) is 6.47. The number of fused-ring (bicyclic) bond motifs is 1. The Morgan fingerprint density at radius 1 is 1.09 bits per heavy atom. The highest BCUT2D eigenvalue weighted by atomic mass is 35.5. The second kappa shape index (κ2) is 9.19. The fourth-order valence-electron chi connectivity index (χ4n) is 3.76. The van der Waals surface area contributed by atoms with Gasteiger partial charge in [-0.15, -0.1) is 0 Å². The lowest BCUT2D eigenvalue weighted by Crippen LogP contribution is -2.35. The molecule has 2 unspecified atom stereocenters. The molecule has 1 N–H and O–H groups in total. The summed E-state index contributed by atoms with van der Waals surface area (Å²) in [5.74, 6) is -2.30. The van der Waals surface area contributed by atoms with Gasteiger partial charge < -0.3 is 5.11 Å². The molecule has 2 atom stereocenters. The molecule has 1 heterocycles. The van der Waals surface area contributed by atoms with Crippen molar-refractivity contribution in [2.24, 2.45) is 5.92 Å². The summed E-state index contributed by atoms with van der Waals surface area (Å²) in [7, 11) is 0. The van der Waals surface area contributed by atoms with Crippen molar-refractivity contribution >= 4 is 28.3 Å². The summed E-state index contributed by atoms with van der Waals surface area (Å²) in [6.07, 6.45) is -7.90. The molecular weight excluding hydrogens is 472 g/mol. The molecule has 0 saturated heterocycles. The smallest absolute Gasteiger partial charge is 0.383 e. The van der Waals surface area contributed by atoms with E-state index in [1.807, 2.05) is 0 Å². The molecule has 9 heteroatoms. The first-order valence-electron chi connectivity index (χ1n) is 10.4. The van der Waals surface area contributed by atoms with Crippen molar-refractivity contribution in [1.29, 1.82) is 0 Å². The number of aliphatic hydroxyl groups is 1. The number of rotatable bonds is 6. The molecule has 0 bridgehead atoms. The van der Waals surface area contributed by atoms with Gasteiger partial charge in [-0.2, -0.15) is 18.3 Å². The van der Waals surface area contributed by atoms with E-state index in [2.05, 4.69) is 5.10 Å². The van der Waals surface area contributed by atoms with Crippen LogP contribution in [0.3, 0.4) is 0 Å². The van der Waals surface area contributed by atoms with E-state index in [0.29, 0.717) is 32.9 Å². The Morgan fingerprint density at radius 3 is 2.41 bits per heavy atom. The van der Waals surface area contributed by atoms with Crippen LogP contribution in [0.2, 0.25) is 5.02 Å². The van der Waals surface area contributed by atoms with Crippen LogP contribution in [0.1, 0.15) is 23.7 Å². The summed E-state index contributed by atoms with van der Waals surface area (Å²) >= 11 is 6.37. The van der Waals surface area contributed by atoms with E-state index >= 15 is 0 Å². The Morgan fingerprint density at radius 2 is 1.76 bits per heavy atom. The van der Waals surface area contributed by atoms with Gasteiger partial charge in [0.05, 0.1) is 16.2 Å². The number of Topliss-reactive ketones (excluding diaryl/α,β-unsaturated/α-hetero) is 1. The van der Waals surface area contributed by atoms with Gasteiger partial charge in [0.25, 0.3) is 0 Å². The van der Waals surface area contributed by atoms with E-state index < -0.39 is 36.2 Å². The minimum Gasteiger partial charge on any atom is -0.383 e. The number of aliphatic hydroxyl groups excluding tert-OH is 1. The zero-order valence-corrected chi connectivity index (χ0v) is 18.6. The lowest BCUT2D eigenvalue weighted by atomic mass is 9.94. The zero-order chi connectivity index (χ0) is 24.6. The van der Waals surface area contributed by atoms with Crippen molar-refractivity contribution in [2.45, 2.75) is 25.6 Å². The molecule has 0 fully saturated rings. The summed E-state index contributed by atoms with van der Waals surface area (Å²) in [5, 5.41) is 15.2. The van der Waals surface area contributed by atoms with Gasteiger partial charge in [-0.1, -0.05) is 42.8 Å². The van der Waals surface area contributed by atoms with Gasteiger partial charge in [-0.3, -0.25) is 4.79 Å². The van der Waals surface area contributed by atoms with Gasteiger partial charge in [0, 0.05) is 22.9 Å². The molecule has 176 valence electrons. The number of benzene rings is 3. The van der Waals surface area contributed by atoms with Crippen molar-refractivity contribution in [3.05, 3.63) is 83.1 Å². The molecular formula is C25H19ClF4N2O2. The molecule has 4 aromatic rings. The Balaban J connectivity index is 1.81. The number of aromatic nitrogens is 2. The number of ketones is 1. The van der Waals surface area contributed by atoms with Gasteiger partial charge in [-0.05, 0) is 48.4 Å². The number of carbonyl (C=O) groups excluding carboxylic acids is 1. The van der Waals surface area contributed by atoms with Crippen LogP contribution < -0.4 is 0 Å². The maximum absolute atomic E-state index is 13.5. The molecule has 3 aromatic carbocycles. The van der Waals surface area contributed by atoms with Gasteiger partial charge in [0.2, 0.25) is 0 Å². The van der Waals surface area contributed by atoms with Crippen LogP contribution in [0.15, 0.2) is 66.7 Å². The third-order valence-electron chi connectivity index (χ3n) is 5.58. The Labute approximate surface area is 197 Å². The predicted molar refractivity (Wildman–Crippen MR) is 122 cm³/mol. The molecule has 0 spiro atoms. The molecule has 0 radical (unpaired) electrons. The molecule has 0 amide bonds. The van der Waals surface area contributed by atoms with Crippen molar-refractivity contribution in [2.75, 3.05) is 0 Å². The van der Waals surface area contributed by atoms with E-state index in [1.54, 1.807) is 30.3 Å². The molecule has 0 aliphatic carbocycles.